The molecular formula is C22H25ClN6O3S. The Hall–Kier alpha value is -2.98. The molecule has 1 aromatic carbocycles. The van der Waals surface area contributed by atoms with E-state index in [0.717, 1.165) is 23.5 Å². The van der Waals surface area contributed by atoms with Crippen molar-refractivity contribution >= 4 is 50.2 Å². The topological polar surface area (TPSA) is 109 Å². The number of benzene rings is 1. The lowest BCUT2D eigenvalue weighted by Crippen LogP contribution is -2.39. The van der Waals surface area contributed by atoms with Crippen molar-refractivity contribution in [3.8, 4) is 0 Å². The molecular weight excluding hydrogens is 464 g/mol. The van der Waals surface area contributed by atoms with E-state index in [2.05, 4.69) is 25.5 Å². The molecule has 4 rings (SSSR count). The number of nitrogens with one attached hydrogen (secondary N) is 2. The van der Waals surface area contributed by atoms with E-state index in [4.69, 9.17) is 11.6 Å². The number of anilines is 1. The molecule has 33 heavy (non-hydrogen) atoms. The summed E-state index contributed by atoms with van der Waals surface area (Å²) in [6, 6.07) is 7.46. The van der Waals surface area contributed by atoms with Gasteiger partial charge in [0, 0.05) is 37.6 Å². The Morgan fingerprint density at radius 1 is 1.21 bits per heavy atom. The van der Waals surface area contributed by atoms with Gasteiger partial charge in [0.25, 0.3) is 5.56 Å². The van der Waals surface area contributed by atoms with Crippen LogP contribution in [0.1, 0.15) is 18.4 Å². The van der Waals surface area contributed by atoms with Crippen molar-refractivity contribution in [3.05, 3.63) is 51.5 Å². The third-order valence-electron chi connectivity index (χ3n) is 5.72. The van der Waals surface area contributed by atoms with Crippen LogP contribution in [-0.4, -0.2) is 53.0 Å². The zero-order valence-electron chi connectivity index (χ0n) is 18.2. The van der Waals surface area contributed by atoms with Crippen LogP contribution in [0.15, 0.2) is 35.4 Å². The minimum absolute atomic E-state index is 0.00850. The Morgan fingerprint density at radius 2 is 1.94 bits per heavy atom. The predicted molar refractivity (Wildman–Crippen MR) is 129 cm³/mol. The summed E-state index contributed by atoms with van der Waals surface area (Å²) < 4.78 is 1.73. The highest BCUT2D eigenvalue weighted by Gasteiger charge is 2.26. The smallest absolute Gasteiger partial charge is 0.273 e. The highest BCUT2D eigenvalue weighted by Crippen LogP contribution is 2.29. The fraction of sp³-hybridized carbons (Fsp3) is 0.409. The normalized spacial score (nSPS) is 14.4. The number of hydrogen-bond donors (Lipinski definition) is 2. The third-order valence-corrected chi connectivity index (χ3v) is 7.06. The minimum atomic E-state index is -0.281. The first kappa shape index (κ1) is 23.2. The van der Waals surface area contributed by atoms with Gasteiger partial charge in [0.05, 0.1) is 0 Å². The number of nitrogens with zero attached hydrogens (tertiary/aromatic N) is 4. The van der Waals surface area contributed by atoms with Gasteiger partial charge in [0.15, 0.2) is 10.8 Å². The third kappa shape index (κ3) is 5.51. The number of thiazole rings is 1. The molecule has 11 heteroatoms. The minimum Gasteiger partial charge on any atom is -0.359 e. The molecule has 2 amide bonds. The molecule has 0 unspecified atom stereocenters. The molecule has 174 valence electrons. The summed E-state index contributed by atoms with van der Waals surface area (Å²) in [5, 5.41) is 6.92. The average Bonchev–Trinajstić information content (AvgIpc) is 3.27. The van der Waals surface area contributed by atoms with E-state index in [1.165, 1.54) is 22.2 Å². The highest BCUT2D eigenvalue weighted by molar-refractivity contribution is 7.22. The second-order valence-corrected chi connectivity index (χ2v) is 9.34. The number of amides is 2. The molecule has 1 saturated heterocycles. The summed E-state index contributed by atoms with van der Waals surface area (Å²) in [5.41, 5.74) is 1.17. The molecule has 0 saturated carbocycles. The average molecular weight is 489 g/mol. The van der Waals surface area contributed by atoms with Gasteiger partial charge >= 0.3 is 0 Å². The Balaban J connectivity index is 1.37. The zero-order valence-corrected chi connectivity index (χ0v) is 19.8. The number of carbonyl (C=O) groups excluding carboxylic acids is 2. The van der Waals surface area contributed by atoms with Crippen LogP contribution in [0.25, 0.3) is 10.3 Å². The summed E-state index contributed by atoms with van der Waals surface area (Å²) in [6.45, 7) is 1.75. The standard InChI is InChI=1S/C22H25ClN6O3S/c1-24-20(31)15-7-10-28(11-8-15)22-27-19-18(33-22)21(32)29(13-26-19)12-17(30)25-9-6-14-2-4-16(23)5-3-14/h2-5,13,15H,6-12H2,1H3,(H,24,31)(H,25,30). The molecule has 1 aliphatic heterocycles. The molecule has 0 bridgehead atoms. The van der Waals surface area contributed by atoms with Crippen LogP contribution in [0.5, 0.6) is 0 Å². The van der Waals surface area contributed by atoms with Crippen molar-refractivity contribution in [1.29, 1.82) is 0 Å². The molecule has 0 atom stereocenters. The second kappa shape index (κ2) is 10.3. The van der Waals surface area contributed by atoms with Gasteiger partial charge in [-0.2, -0.15) is 4.98 Å². The lowest BCUT2D eigenvalue weighted by atomic mass is 9.96. The van der Waals surface area contributed by atoms with Gasteiger partial charge < -0.3 is 15.5 Å². The molecule has 2 N–H and O–H groups in total. The first-order valence-electron chi connectivity index (χ1n) is 10.8. The lowest BCUT2D eigenvalue weighted by Gasteiger charge is -2.30. The number of carbonyl (C=O) groups is 2. The van der Waals surface area contributed by atoms with Gasteiger partial charge in [-0.3, -0.25) is 19.0 Å². The lowest BCUT2D eigenvalue weighted by molar-refractivity contribution is -0.125. The number of fused-ring (bicyclic) bond motifs is 1. The van der Waals surface area contributed by atoms with E-state index >= 15 is 0 Å². The van der Waals surface area contributed by atoms with Crippen LogP contribution in [0.4, 0.5) is 5.13 Å². The van der Waals surface area contributed by atoms with Crippen LogP contribution >= 0.6 is 22.9 Å². The SMILES string of the molecule is CNC(=O)C1CCN(c2nc3ncn(CC(=O)NCCc4ccc(Cl)cc4)c(=O)c3s2)CC1. The van der Waals surface area contributed by atoms with Crippen LogP contribution < -0.4 is 21.1 Å². The van der Waals surface area contributed by atoms with E-state index < -0.39 is 0 Å². The fourth-order valence-electron chi connectivity index (χ4n) is 3.83. The molecule has 1 fully saturated rings. The van der Waals surface area contributed by atoms with Crippen molar-refractivity contribution in [1.82, 2.24) is 25.2 Å². The van der Waals surface area contributed by atoms with Gasteiger partial charge in [-0.25, -0.2) is 4.98 Å². The quantitative estimate of drug-likeness (QED) is 0.525. The van der Waals surface area contributed by atoms with Crippen LogP contribution in [0, 0.1) is 5.92 Å². The van der Waals surface area contributed by atoms with Gasteiger partial charge in [-0.05, 0) is 37.0 Å². The largest absolute Gasteiger partial charge is 0.359 e. The fourth-order valence-corrected chi connectivity index (χ4v) is 4.97. The molecule has 2 aromatic heterocycles. The Kier molecular flexibility index (Phi) is 7.24. The van der Waals surface area contributed by atoms with Crippen molar-refractivity contribution in [2.75, 3.05) is 31.6 Å². The molecule has 9 nitrogen and oxygen atoms in total. The van der Waals surface area contributed by atoms with Gasteiger partial charge in [0.1, 0.15) is 17.6 Å². The number of piperidine rings is 1. The predicted octanol–water partition coefficient (Wildman–Crippen LogP) is 1.83. The first-order valence-corrected chi connectivity index (χ1v) is 12.0. The van der Waals surface area contributed by atoms with E-state index in [1.807, 2.05) is 24.3 Å². The summed E-state index contributed by atoms with van der Waals surface area (Å²) >= 11 is 7.16. The molecule has 3 heterocycles. The monoisotopic (exact) mass is 488 g/mol. The Bertz CT molecular complexity index is 1200. The molecule has 0 spiro atoms. The van der Waals surface area contributed by atoms with E-state index in [9.17, 15) is 14.4 Å². The van der Waals surface area contributed by atoms with E-state index in [0.29, 0.717) is 41.4 Å². The van der Waals surface area contributed by atoms with E-state index in [-0.39, 0.29) is 29.8 Å². The number of hydrogen-bond acceptors (Lipinski definition) is 7. The molecule has 1 aliphatic rings. The van der Waals surface area contributed by atoms with Gasteiger partial charge in [0.2, 0.25) is 11.8 Å². The maximum Gasteiger partial charge on any atom is 0.273 e. The number of rotatable bonds is 7. The first-order chi connectivity index (χ1) is 15.9. The van der Waals surface area contributed by atoms with Crippen LogP contribution in [0.3, 0.4) is 0 Å². The van der Waals surface area contributed by atoms with Crippen molar-refractivity contribution in [2.45, 2.75) is 25.8 Å². The second-order valence-electron chi connectivity index (χ2n) is 7.93. The number of aromatic nitrogens is 3. The Labute approximate surface area is 199 Å². The van der Waals surface area contributed by atoms with Crippen molar-refractivity contribution in [3.63, 3.8) is 0 Å². The van der Waals surface area contributed by atoms with Gasteiger partial charge in [-0.1, -0.05) is 35.1 Å². The van der Waals surface area contributed by atoms with Crippen LogP contribution in [-0.2, 0) is 22.6 Å². The summed E-state index contributed by atoms with van der Waals surface area (Å²) in [6.07, 6.45) is 3.52. The number of halogens is 1. The van der Waals surface area contributed by atoms with Crippen molar-refractivity contribution in [2.24, 2.45) is 5.92 Å². The molecule has 0 aliphatic carbocycles. The highest BCUT2D eigenvalue weighted by atomic mass is 35.5. The van der Waals surface area contributed by atoms with E-state index in [1.54, 1.807) is 7.05 Å². The molecule has 0 radical (unpaired) electrons. The summed E-state index contributed by atoms with van der Waals surface area (Å²) in [7, 11) is 1.65. The Morgan fingerprint density at radius 3 is 2.64 bits per heavy atom. The maximum atomic E-state index is 12.9. The molecule has 3 aromatic rings. The van der Waals surface area contributed by atoms with Crippen molar-refractivity contribution < 1.29 is 9.59 Å². The van der Waals surface area contributed by atoms with Crippen LogP contribution in [0.2, 0.25) is 5.02 Å². The van der Waals surface area contributed by atoms with Gasteiger partial charge in [-0.15, -0.1) is 0 Å². The summed E-state index contributed by atoms with van der Waals surface area (Å²) in [5.74, 6) is -0.183. The zero-order chi connectivity index (χ0) is 23.4. The maximum absolute atomic E-state index is 12.9. The summed E-state index contributed by atoms with van der Waals surface area (Å²) in [4.78, 5) is 47.9.